The number of fused-ring (bicyclic) bond motifs is 1. The number of carbonyl (C=O) groups excluding carboxylic acids is 1. The maximum absolute atomic E-state index is 12.2. The number of amides is 1. The summed E-state index contributed by atoms with van der Waals surface area (Å²) in [6, 6.07) is 4.94. The summed E-state index contributed by atoms with van der Waals surface area (Å²) < 4.78 is 26.6. The van der Waals surface area contributed by atoms with Crippen molar-refractivity contribution in [3.05, 3.63) is 48.1 Å². The zero-order valence-corrected chi connectivity index (χ0v) is 13.6. The van der Waals surface area contributed by atoms with Crippen molar-refractivity contribution in [1.29, 1.82) is 0 Å². The lowest BCUT2D eigenvalue weighted by Crippen LogP contribution is -2.27. The van der Waals surface area contributed by atoms with Gasteiger partial charge in [0, 0.05) is 24.9 Å². The van der Waals surface area contributed by atoms with Crippen LogP contribution in [0.3, 0.4) is 0 Å². The van der Waals surface area contributed by atoms with Gasteiger partial charge in [0.15, 0.2) is 0 Å². The molecule has 0 spiro atoms. The number of anilines is 1. The normalized spacial score (nSPS) is 14.9. The molecule has 0 aromatic heterocycles. The maximum Gasteiger partial charge on any atom is 0.250 e. The number of hydrogen-bond acceptors (Lipinski definition) is 3. The van der Waals surface area contributed by atoms with E-state index in [1.54, 1.807) is 42.2 Å². The molecule has 5 nitrogen and oxygen atoms in total. The molecule has 0 aliphatic carbocycles. The van der Waals surface area contributed by atoms with Gasteiger partial charge in [-0.05, 0) is 31.0 Å². The van der Waals surface area contributed by atoms with Gasteiger partial charge < -0.3 is 4.90 Å². The topological polar surface area (TPSA) is 66.5 Å². The van der Waals surface area contributed by atoms with Crippen LogP contribution >= 0.6 is 0 Å². The molecular formula is C16H20N2O3S. The fraction of sp³-hybridized carbons (Fsp3) is 0.312. The summed E-state index contributed by atoms with van der Waals surface area (Å²) in [5.74, 6) is -0.144. The zero-order chi connectivity index (χ0) is 16.2. The van der Waals surface area contributed by atoms with Gasteiger partial charge in [-0.1, -0.05) is 31.2 Å². The van der Waals surface area contributed by atoms with E-state index < -0.39 is 10.0 Å². The third-order valence-corrected chi connectivity index (χ3v) is 4.95. The van der Waals surface area contributed by atoms with E-state index in [1.807, 2.05) is 13.0 Å². The molecule has 1 aliphatic heterocycles. The molecule has 22 heavy (non-hydrogen) atoms. The van der Waals surface area contributed by atoms with E-state index in [0.29, 0.717) is 18.8 Å². The van der Waals surface area contributed by atoms with Gasteiger partial charge in [0.25, 0.3) is 5.91 Å². The molecule has 1 aromatic rings. The lowest BCUT2D eigenvalue weighted by molar-refractivity contribution is -0.114. The van der Waals surface area contributed by atoms with Gasteiger partial charge in [-0.15, -0.1) is 0 Å². The predicted octanol–water partition coefficient (Wildman–Crippen LogP) is 2.01. The number of hydrogen-bond donors (Lipinski definition) is 1. The molecule has 118 valence electrons. The highest BCUT2D eigenvalue weighted by Crippen LogP contribution is 2.30. The van der Waals surface area contributed by atoms with Crippen molar-refractivity contribution in [1.82, 2.24) is 4.72 Å². The standard InChI is InChI=1S/C16H20N2O3S/c1-3-5-6-7-16(19)18-11-10-13-8-9-14(12-15(13)18)22(20,21)17-4-2/h3,5-9,12,17H,4,10-11H2,1-2H3/b5-3+,7-6-. The number of sulfonamides is 1. The molecule has 0 unspecified atom stereocenters. The molecule has 1 heterocycles. The monoisotopic (exact) mass is 320 g/mol. The largest absolute Gasteiger partial charge is 0.308 e. The van der Waals surface area contributed by atoms with Crippen LogP contribution in [0.5, 0.6) is 0 Å². The highest BCUT2D eigenvalue weighted by molar-refractivity contribution is 7.89. The smallest absolute Gasteiger partial charge is 0.250 e. The number of rotatable bonds is 5. The van der Waals surface area contributed by atoms with Gasteiger partial charge in [-0.25, -0.2) is 13.1 Å². The molecule has 0 fully saturated rings. The predicted molar refractivity (Wildman–Crippen MR) is 87.3 cm³/mol. The van der Waals surface area contributed by atoms with Crippen LogP contribution in [0.1, 0.15) is 19.4 Å². The van der Waals surface area contributed by atoms with Gasteiger partial charge >= 0.3 is 0 Å². The van der Waals surface area contributed by atoms with E-state index >= 15 is 0 Å². The van der Waals surface area contributed by atoms with E-state index in [-0.39, 0.29) is 10.8 Å². The minimum absolute atomic E-state index is 0.144. The molecule has 0 radical (unpaired) electrons. The van der Waals surface area contributed by atoms with Crippen molar-refractivity contribution >= 4 is 21.6 Å². The van der Waals surface area contributed by atoms with E-state index in [0.717, 1.165) is 12.0 Å². The summed E-state index contributed by atoms with van der Waals surface area (Å²) in [5, 5.41) is 0. The van der Waals surface area contributed by atoms with Crippen LogP contribution in [0, 0.1) is 0 Å². The summed E-state index contributed by atoms with van der Waals surface area (Å²) in [6.45, 7) is 4.50. The molecule has 0 atom stereocenters. The molecule has 2 rings (SSSR count). The van der Waals surface area contributed by atoms with Crippen LogP contribution in [0.25, 0.3) is 0 Å². The quantitative estimate of drug-likeness (QED) is 0.666. The van der Waals surface area contributed by atoms with Crippen molar-refractivity contribution in [2.75, 3.05) is 18.0 Å². The van der Waals surface area contributed by atoms with Crippen molar-refractivity contribution in [3.8, 4) is 0 Å². The Labute approximate surface area is 131 Å². The lowest BCUT2D eigenvalue weighted by atomic mass is 10.2. The average molecular weight is 320 g/mol. The van der Waals surface area contributed by atoms with Gasteiger partial charge in [-0.2, -0.15) is 0 Å². The molecule has 6 heteroatoms. The molecule has 1 amide bonds. The van der Waals surface area contributed by atoms with Crippen LogP contribution in [-0.2, 0) is 21.2 Å². The summed E-state index contributed by atoms with van der Waals surface area (Å²) in [7, 11) is -3.52. The third-order valence-electron chi connectivity index (χ3n) is 3.41. The molecule has 1 aliphatic rings. The Morgan fingerprint density at radius 2 is 2.14 bits per heavy atom. The summed E-state index contributed by atoms with van der Waals surface area (Å²) in [6.07, 6.45) is 7.52. The van der Waals surface area contributed by atoms with Gasteiger partial charge in [-0.3, -0.25) is 4.79 Å². The van der Waals surface area contributed by atoms with Crippen LogP contribution in [0.4, 0.5) is 5.69 Å². The highest BCUT2D eigenvalue weighted by atomic mass is 32.2. The first-order chi connectivity index (χ1) is 10.5. The first-order valence-electron chi connectivity index (χ1n) is 7.23. The van der Waals surface area contributed by atoms with Crippen molar-refractivity contribution < 1.29 is 13.2 Å². The fourth-order valence-electron chi connectivity index (χ4n) is 2.37. The second-order valence-corrected chi connectivity index (χ2v) is 6.68. The second-order valence-electron chi connectivity index (χ2n) is 4.92. The SMILES string of the molecule is C/C=C/C=C\C(=O)N1CCc2ccc(S(=O)(=O)NCC)cc21. The number of benzene rings is 1. The van der Waals surface area contributed by atoms with Crippen LogP contribution < -0.4 is 9.62 Å². The lowest BCUT2D eigenvalue weighted by Gasteiger charge is -2.16. The summed E-state index contributed by atoms with van der Waals surface area (Å²) in [4.78, 5) is 14.0. The Morgan fingerprint density at radius 1 is 1.36 bits per heavy atom. The Hall–Kier alpha value is -1.92. The van der Waals surface area contributed by atoms with Crippen LogP contribution in [-0.4, -0.2) is 27.4 Å². The highest BCUT2D eigenvalue weighted by Gasteiger charge is 2.25. The Bertz CT molecular complexity index is 721. The number of nitrogens with one attached hydrogen (secondary N) is 1. The third kappa shape index (κ3) is 3.45. The van der Waals surface area contributed by atoms with Crippen molar-refractivity contribution in [2.45, 2.75) is 25.2 Å². The molecule has 1 N–H and O–H groups in total. The average Bonchev–Trinajstić information content (AvgIpc) is 2.90. The van der Waals surface area contributed by atoms with E-state index in [2.05, 4.69) is 4.72 Å². The van der Waals surface area contributed by atoms with Crippen LogP contribution in [0.2, 0.25) is 0 Å². The van der Waals surface area contributed by atoms with Gasteiger partial charge in [0.1, 0.15) is 0 Å². The van der Waals surface area contributed by atoms with Gasteiger partial charge in [0.2, 0.25) is 10.0 Å². The molecule has 0 saturated heterocycles. The Kier molecular flexibility index (Phi) is 5.15. The molecular weight excluding hydrogens is 300 g/mol. The van der Waals surface area contributed by atoms with E-state index in [1.165, 1.54) is 6.08 Å². The fourth-order valence-corrected chi connectivity index (χ4v) is 3.43. The minimum atomic E-state index is -3.52. The number of carbonyl (C=O) groups is 1. The first-order valence-corrected chi connectivity index (χ1v) is 8.71. The molecule has 0 saturated carbocycles. The van der Waals surface area contributed by atoms with Crippen molar-refractivity contribution in [3.63, 3.8) is 0 Å². The maximum atomic E-state index is 12.2. The second kappa shape index (κ2) is 6.89. The molecule has 1 aromatic carbocycles. The van der Waals surface area contributed by atoms with Gasteiger partial charge in [0.05, 0.1) is 4.90 Å². The van der Waals surface area contributed by atoms with E-state index in [9.17, 15) is 13.2 Å². The summed E-state index contributed by atoms with van der Waals surface area (Å²) >= 11 is 0. The minimum Gasteiger partial charge on any atom is -0.308 e. The molecule has 0 bridgehead atoms. The first kappa shape index (κ1) is 16.5. The zero-order valence-electron chi connectivity index (χ0n) is 12.7. The summed E-state index contributed by atoms with van der Waals surface area (Å²) in [5.41, 5.74) is 1.66. The van der Waals surface area contributed by atoms with Crippen molar-refractivity contribution in [2.24, 2.45) is 0 Å². The van der Waals surface area contributed by atoms with Crippen LogP contribution in [0.15, 0.2) is 47.4 Å². The Balaban J connectivity index is 2.32. The number of allylic oxidation sites excluding steroid dienone is 3. The number of nitrogens with zero attached hydrogens (tertiary/aromatic N) is 1. The Morgan fingerprint density at radius 3 is 2.82 bits per heavy atom. The van der Waals surface area contributed by atoms with E-state index in [4.69, 9.17) is 0 Å².